The van der Waals surface area contributed by atoms with Gasteiger partial charge in [-0.3, -0.25) is 14.8 Å². The van der Waals surface area contributed by atoms with Crippen LogP contribution in [0.1, 0.15) is 9.67 Å². The number of nitrogens with one attached hydrogen (secondary N) is 1. The number of carbonyl (C=O) groups excluding carboxylic acids is 1. The highest BCUT2D eigenvalue weighted by Crippen LogP contribution is 2.25. The largest absolute Gasteiger partial charge is 0.327 e. The molecule has 2 aromatic rings. The summed E-state index contributed by atoms with van der Waals surface area (Å²) in [6.45, 7) is 0.857. The molecule has 1 saturated heterocycles. The van der Waals surface area contributed by atoms with Crippen LogP contribution >= 0.6 is 11.3 Å². The van der Waals surface area contributed by atoms with E-state index < -0.39 is 18.4 Å². The van der Waals surface area contributed by atoms with Crippen LogP contribution in [0.5, 0.6) is 0 Å². The fraction of sp³-hybridized carbons (Fsp3) is 0.385. The van der Waals surface area contributed by atoms with Gasteiger partial charge in [0.2, 0.25) is 0 Å². The van der Waals surface area contributed by atoms with Crippen LogP contribution in [0.15, 0.2) is 24.8 Å². The maximum atomic E-state index is 13.1. The molecular formula is C13H13F2N5OS. The fourth-order valence-corrected chi connectivity index (χ4v) is 3.08. The summed E-state index contributed by atoms with van der Waals surface area (Å²) in [7, 11) is 0. The van der Waals surface area contributed by atoms with Crippen molar-refractivity contribution < 1.29 is 13.6 Å². The molecule has 0 radical (unpaired) electrons. The summed E-state index contributed by atoms with van der Waals surface area (Å²) >= 11 is 1.13. The molecule has 1 atom stereocenters. The molecule has 1 fully saturated rings. The summed E-state index contributed by atoms with van der Waals surface area (Å²) in [5.74, 6) is -0.417. The molecule has 0 spiro atoms. The van der Waals surface area contributed by atoms with Gasteiger partial charge in [0.25, 0.3) is 12.3 Å². The van der Waals surface area contributed by atoms with Crippen LogP contribution in [0.3, 0.4) is 0 Å². The molecule has 6 nitrogen and oxygen atoms in total. The van der Waals surface area contributed by atoms with Crippen molar-refractivity contribution >= 4 is 17.2 Å². The van der Waals surface area contributed by atoms with E-state index in [1.807, 2.05) is 0 Å². The second-order valence-corrected chi connectivity index (χ2v) is 5.76. The standard InChI is InChI=1S/C13H13F2N5OS/c14-11(15)9-6-17-3-4-20(9)13(21)10-7-19-12(22-10)8-5-16-1-2-18-8/h1-2,5,7,9,11,17H,3-4,6H2. The summed E-state index contributed by atoms with van der Waals surface area (Å²) in [6, 6.07) is -1.11. The molecule has 1 N–H and O–H groups in total. The predicted molar refractivity (Wildman–Crippen MR) is 76.8 cm³/mol. The number of alkyl halides is 2. The monoisotopic (exact) mass is 325 g/mol. The van der Waals surface area contributed by atoms with Crippen molar-refractivity contribution in [1.29, 1.82) is 0 Å². The maximum absolute atomic E-state index is 13.1. The van der Waals surface area contributed by atoms with Gasteiger partial charge in [-0.05, 0) is 0 Å². The normalized spacial score (nSPS) is 18.7. The zero-order valence-corrected chi connectivity index (χ0v) is 12.3. The Labute approximate surface area is 129 Å². The van der Waals surface area contributed by atoms with E-state index in [-0.39, 0.29) is 13.1 Å². The number of hydrogen-bond acceptors (Lipinski definition) is 6. The van der Waals surface area contributed by atoms with E-state index in [0.29, 0.717) is 22.1 Å². The number of piperazine rings is 1. The van der Waals surface area contributed by atoms with Gasteiger partial charge in [-0.2, -0.15) is 0 Å². The van der Waals surface area contributed by atoms with E-state index in [1.54, 1.807) is 6.20 Å². The summed E-state index contributed by atoms with van der Waals surface area (Å²) in [5, 5.41) is 3.42. The molecule has 0 saturated carbocycles. The first-order valence-electron chi connectivity index (χ1n) is 6.69. The summed E-state index contributed by atoms with van der Waals surface area (Å²) in [5.41, 5.74) is 0.553. The van der Waals surface area contributed by atoms with Gasteiger partial charge in [-0.1, -0.05) is 0 Å². The average Bonchev–Trinajstić information content (AvgIpc) is 3.05. The van der Waals surface area contributed by atoms with E-state index in [1.165, 1.54) is 23.5 Å². The van der Waals surface area contributed by atoms with Gasteiger partial charge in [0.05, 0.1) is 12.4 Å². The Bertz CT molecular complexity index is 651. The minimum Gasteiger partial charge on any atom is -0.327 e. The van der Waals surface area contributed by atoms with E-state index >= 15 is 0 Å². The third-order valence-corrected chi connectivity index (χ3v) is 4.34. The molecule has 3 heterocycles. The summed E-state index contributed by atoms with van der Waals surface area (Å²) in [4.78, 5) is 26.2. The molecule has 0 aromatic carbocycles. The fourth-order valence-electron chi connectivity index (χ4n) is 2.25. The average molecular weight is 325 g/mol. The number of halogens is 2. The smallest absolute Gasteiger partial charge is 0.266 e. The second kappa shape index (κ2) is 6.41. The van der Waals surface area contributed by atoms with Crippen LogP contribution in [-0.4, -0.2) is 57.9 Å². The van der Waals surface area contributed by atoms with Gasteiger partial charge in [-0.15, -0.1) is 11.3 Å². The maximum Gasteiger partial charge on any atom is 0.266 e. The lowest BCUT2D eigenvalue weighted by Gasteiger charge is -2.35. The Hall–Kier alpha value is -2.00. The first kappa shape index (κ1) is 14.9. The molecule has 1 amide bonds. The third kappa shape index (κ3) is 2.95. The molecule has 116 valence electrons. The number of amides is 1. The van der Waals surface area contributed by atoms with Gasteiger partial charge < -0.3 is 10.2 Å². The number of thiazole rings is 1. The molecule has 1 unspecified atom stereocenters. The molecule has 9 heteroatoms. The Morgan fingerprint density at radius 2 is 2.23 bits per heavy atom. The van der Waals surface area contributed by atoms with Gasteiger partial charge in [-0.25, -0.2) is 13.8 Å². The highest BCUT2D eigenvalue weighted by Gasteiger charge is 2.34. The first-order valence-corrected chi connectivity index (χ1v) is 7.50. The van der Waals surface area contributed by atoms with Crippen molar-refractivity contribution in [3.63, 3.8) is 0 Å². The SMILES string of the molecule is O=C(c1cnc(-c2cnccn2)s1)N1CCNCC1C(F)F. The van der Waals surface area contributed by atoms with Crippen molar-refractivity contribution in [2.45, 2.75) is 12.5 Å². The predicted octanol–water partition coefficient (Wildman–Crippen LogP) is 1.28. The van der Waals surface area contributed by atoms with Crippen LogP contribution < -0.4 is 5.32 Å². The molecule has 0 aliphatic carbocycles. The number of hydrogen-bond donors (Lipinski definition) is 1. The van der Waals surface area contributed by atoms with E-state index in [9.17, 15) is 13.6 Å². The van der Waals surface area contributed by atoms with Crippen LogP contribution in [-0.2, 0) is 0 Å². The minimum atomic E-state index is -2.58. The van der Waals surface area contributed by atoms with Crippen molar-refractivity contribution in [2.24, 2.45) is 0 Å². The van der Waals surface area contributed by atoms with E-state index in [2.05, 4.69) is 20.3 Å². The van der Waals surface area contributed by atoms with E-state index in [0.717, 1.165) is 11.3 Å². The summed E-state index contributed by atoms with van der Waals surface area (Å²) < 4.78 is 26.1. The van der Waals surface area contributed by atoms with Crippen molar-refractivity contribution in [3.8, 4) is 10.7 Å². The lowest BCUT2D eigenvalue weighted by Crippen LogP contribution is -2.56. The molecule has 0 bridgehead atoms. The van der Waals surface area contributed by atoms with Crippen molar-refractivity contribution in [1.82, 2.24) is 25.2 Å². The van der Waals surface area contributed by atoms with Gasteiger partial charge >= 0.3 is 0 Å². The van der Waals surface area contributed by atoms with Crippen LogP contribution in [0.25, 0.3) is 10.7 Å². The Morgan fingerprint density at radius 3 is 2.95 bits per heavy atom. The highest BCUT2D eigenvalue weighted by molar-refractivity contribution is 7.16. The molecule has 22 heavy (non-hydrogen) atoms. The Balaban J connectivity index is 1.82. The zero-order chi connectivity index (χ0) is 15.5. The first-order chi connectivity index (χ1) is 10.7. The Kier molecular flexibility index (Phi) is 4.34. The molecule has 1 aliphatic heterocycles. The zero-order valence-electron chi connectivity index (χ0n) is 11.4. The second-order valence-electron chi connectivity index (χ2n) is 4.72. The van der Waals surface area contributed by atoms with Crippen molar-refractivity contribution in [3.05, 3.63) is 29.7 Å². The van der Waals surface area contributed by atoms with E-state index in [4.69, 9.17) is 0 Å². The van der Waals surface area contributed by atoms with Gasteiger partial charge in [0.15, 0.2) is 0 Å². The Morgan fingerprint density at radius 1 is 1.36 bits per heavy atom. The molecule has 1 aliphatic rings. The third-order valence-electron chi connectivity index (χ3n) is 3.33. The molecular weight excluding hydrogens is 312 g/mol. The van der Waals surface area contributed by atoms with Crippen molar-refractivity contribution in [2.75, 3.05) is 19.6 Å². The van der Waals surface area contributed by atoms with Gasteiger partial charge in [0, 0.05) is 32.0 Å². The highest BCUT2D eigenvalue weighted by atomic mass is 32.1. The van der Waals surface area contributed by atoms with Crippen LogP contribution in [0, 0.1) is 0 Å². The molecule has 3 rings (SSSR count). The number of aromatic nitrogens is 3. The number of carbonyl (C=O) groups is 1. The molecule has 2 aromatic heterocycles. The quantitative estimate of drug-likeness (QED) is 0.920. The number of rotatable bonds is 3. The summed E-state index contributed by atoms with van der Waals surface area (Å²) in [6.07, 6.45) is 3.43. The van der Waals surface area contributed by atoms with Crippen LogP contribution in [0.4, 0.5) is 8.78 Å². The minimum absolute atomic E-state index is 0.0965. The van der Waals surface area contributed by atoms with Crippen LogP contribution in [0.2, 0.25) is 0 Å². The topological polar surface area (TPSA) is 71.0 Å². The van der Waals surface area contributed by atoms with Gasteiger partial charge in [0.1, 0.15) is 21.6 Å². The lowest BCUT2D eigenvalue weighted by atomic mass is 10.2. The lowest BCUT2D eigenvalue weighted by molar-refractivity contribution is 0.0129. The number of nitrogens with zero attached hydrogens (tertiary/aromatic N) is 4.